The average Bonchev–Trinajstić information content (AvgIpc) is 3.62. The van der Waals surface area contributed by atoms with Gasteiger partial charge in [0, 0.05) is 40.4 Å². The number of ketones is 2. The number of rotatable bonds is 3. The Morgan fingerprint density at radius 2 is 1.43 bits per heavy atom. The number of allylic oxidation sites excluding steroid dienone is 1. The number of hydrogen-bond donors (Lipinski definition) is 0. The Labute approximate surface area is 227 Å². The molecule has 0 saturated heterocycles. The van der Waals surface area contributed by atoms with Gasteiger partial charge in [0.1, 0.15) is 12.1 Å². The molecule has 40 heavy (non-hydrogen) atoms. The van der Waals surface area contributed by atoms with E-state index in [9.17, 15) is 9.59 Å². The van der Waals surface area contributed by atoms with Crippen molar-refractivity contribution in [1.29, 1.82) is 0 Å². The summed E-state index contributed by atoms with van der Waals surface area (Å²) < 4.78 is 8.23. The molecule has 8 rings (SSSR count). The first-order valence-electron chi connectivity index (χ1n) is 12.7. The predicted molar refractivity (Wildman–Crippen MR) is 152 cm³/mol. The number of furan rings is 1. The third kappa shape index (κ3) is 3.28. The van der Waals surface area contributed by atoms with Gasteiger partial charge >= 0.3 is 0 Å². The Morgan fingerprint density at radius 1 is 0.725 bits per heavy atom. The summed E-state index contributed by atoms with van der Waals surface area (Å²) in [5.74, 6) is 0.0788. The molecular weight excluding hydrogens is 500 g/mol. The molecule has 0 amide bonds. The van der Waals surface area contributed by atoms with E-state index in [0.717, 1.165) is 32.8 Å². The van der Waals surface area contributed by atoms with Crippen molar-refractivity contribution in [3.8, 4) is 17.0 Å². The Balaban J connectivity index is 1.31. The Hall–Kier alpha value is -5.69. The molecule has 0 saturated carbocycles. The summed E-state index contributed by atoms with van der Waals surface area (Å²) in [6.07, 6.45) is 8.21. The van der Waals surface area contributed by atoms with Crippen molar-refractivity contribution < 1.29 is 14.0 Å². The fraction of sp³-hybridized carbons (Fsp3) is 0. The van der Waals surface area contributed by atoms with Gasteiger partial charge in [-0.25, -0.2) is 9.97 Å². The van der Waals surface area contributed by atoms with Gasteiger partial charge in [0.05, 0.1) is 40.4 Å². The van der Waals surface area contributed by atoms with Crippen LogP contribution in [0.2, 0.25) is 0 Å². The first-order valence-corrected chi connectivity index (χ1v) is 12.7. The zero-order valence-electron chi connectivity index (χ0n) is 20.9. The molecule has 188 valence electrons. The number of Topliss-reactive ketones (excluding diaryl/α,β-unsaturated/α-hetero) is 2. The summed E-state index contributed by atoms with van der Waals surface area (Å²) in [5.41, 5.74) is 5.30. The molecule has 0 N–H and O–H groups in total. The summed E-state index contributed by atoms with van der Waals surface area (Å²) in [6, 6.07) is 24.9. The number of carbonyl (C=O) groups excluding carboxylic acids is 2. The molecule has 4 heterocycles. The fourth-order valence-corrected chi connectivity index (χ4v) is 5.54. The number of hydrogen-bond acceptors (Lipinski definition) is 6. The summed E-state index contributed by atoms with van der Waals surface area (Å²) in [5, 5.41) is 2.85. The zero-order valence-corrected chi connectivity index (χ0v) is 20.9. The molecule has 4 aromatic heterocycles. The summed E-state index contributed by atoms with van der Waals surface area (Å²) >= 11 is 0. The highest BCUT2D eigenvalue weighted by Gasteiger charge is 2.34. The molecule has 1 aliphatic carbocycles. The lowest BCUT2D eigenvalue weighted by Gasteiger charge is -2.07. The quantitative estimate of drug-likeness (QED) is 0.188. The van der Waals surface area contributed by atoms with Gasteiger partial charge in [-0.1, -0.05) is 42.5 Å². The van der Waals surface area contributed by atoms with Gasteiger partial charge < -0.3 is 8.98 Å². The highest BCUT2D eigenvalue weighted by atomic mass is 16.3. The van der Waals surface area contributed by atoms with Crippen LogP contribution in [0.5, 0.6) is 0 Å². The van der Waals surface area contributed by atoms with Gasteiger partial charge in [-0.3, -0.25) is 14.6 Å². The molecule has 0 aliphatic heterocycles. The second-order valence-corrected chi connectivity index (χ2v) is 9.70. The number of para-hydroxylation sites is 1. The number of nitrogens with zero attached hydrogens (tertiary/aromatic N) is 4. The van der Waals surface area contributed by atoms with Gasteiger partial charge in [0.25, 0.3) is 0 Å². The normalized spacial score (nSPS) is 13.1. The maximum atomic E-state index is 13.5. The van der Waals surface area contributed by atoms with Crippen molar-refractivity contribution in [3.05, 3.63) is 126 Å². The van der Waals surface area contributed by atoms with Crippen molar-refractivity contribution in [3.63, 3.8) is 0 Å². The molecule has 0 spiro atoms. The van der Waals surface area contributed by atoms with Gasteiger partial charge in [-0.05, 0) is 41.1 Å². The van der Waals surface area contributed by atoms with Gasteiger partial charge in [-0.15, -0.1) is 0 Å². The topological polar surface area (TPSA) is 90.9 Å². The lowest BCUT2D eigenvalue weighted by atomic mass is 10.0. The molecule has 3 aromatic carbocycles. The Kier molecular flexibility index (Phi) is 4.69. The van der Waals surface area contributed by atoms with Crippen molar-refractivity contribution in [2.24, 2.45) is 0 Å². The molecule has 0 unspecified atom stereocenters. The molecule has 0 radical (unpaired) electrons. The largest absolute Gasteiger partial charge is 0.454 e. The highest BCUT2D eigenvalue weighted by Crippen LogP contribution is 2.37. The average molecular weight is 519 g/mol. The molecule has 0 atom stereocenters. The van der Waals surface area contributed by atoms with E-state index in [1.54, 1.807) is 36.8 Å². The maximum Gasteiger partial charge on any atom is 0.197 e. The summed E-state index contributed by atoms with van der Waals surface area (Å²) in [4.78, 5) is 39.9. The third-order valence-electron chi connectivity index (χ3n) is 7.38. The second-order valence-electron chi connectivity index (χ2n) is 9.70. The van der Waals surface area contributed by atoms with Gasteiger partial charge in [0.15, 0.2) is 17.1 Å². The fourth-order valence-electron chi connectivity index (χ4n) is 5.54. The number of aromatic nitrogens is 4. The van der Waals surface area contributed by atoms with E-state index in [1.165, 1.54) is 6.33 Å². The van der Waals surface area contributed by atoms with Crippen LogP contribution in [0.25, 0.3) is 55.9 Å². The van der Waals surface area contributed by atoms with Crippen LogP contribution in [0, 0.1) is 0 Å². The SMILES string of the molecule is O=C1C(=Cc2cc3oc(-c4cccc5cccnc45)cc3n2-c2cncnc2)C(=O)c2cc3ccccc3cc21. The van der Waals surface area contributed by atoms with Crippen molar-refractivity contribution in [2.75, 3.05) is 0 Å². The molecule has 7 heteroatoms. The van der Waals surface area contributed by atoms with E-state index in [2.05, 4.69) is 15.0 Å². The van der Waals surface area contributed by atoms with Crippen LogP contribution >= 0.6 is 0 Å². The van der Waals surface area contributed by atoms with Crippen molar-refractivity contribution in [1.82, 2.24) is 19.5 Å². The Bertz CT molecular complexity index is 2140. The standard InChI is InChI=1S/C33H18N4O3/c38-32-25-11-20-5-1-2-6-21(20)12-26(25)33(39)27(32)13-22-14-30-28(37(22)23-16-34-18-35-17-23)15-29(40-30)24-9-3-7-19-8-4-10-36-31(19)24/h1-18H. The molecule has 0 bridgehead atoms. The maximum absolute atomic E-state index is 13.5. The van der Waals surface area contributed by atoms with Crippen LogP contribution in [0.3, 0.4) is 0 Å². The minimum Gasteiger partial charge on any atom is -0.454 e. The first kappa shape index (κ1) is 22.3. The van der Waals surface area contributed by atoms with E-state index in [-0.39, 0.29) is 17.1 Å². The lowest BCUT2D eigenvalue weighted by Crippen LogP contribution is -2.03. The summed E-state index contributed by atoms with van der Waals surface area (Å²) in [6.45, 7) is 0. The van der Waals surface area contributed by atoms with Crippen molar-refractivity contribution >= 4 is 50.4 Å². The zero-order chi connectivity index (χ0) is 26.8. The van der Waals surface area contributed by atoms with Crippen LogP contribution in [-0.4, -0.2) is 31.1 Å². The number of pyridine rings is 1. The monoisotopic (exact) mass is 518 g/mol. The minimum absolute atomic E-state index is 0.113. The van der Waals surface area contributed by atoms with E-state index in [4.69, 9.17) is 4.42 Å². The number of benzene rings is 3. The highest BCUT2D eigenvalue weighted by molar-refractivity contribution is 6.42. The van der Waals surface area contributed by atoms with Crippen molar-refractivity contribution in [2.45, 2.75) is 0 Å². The summed E-state index contributed by atoms with van der Waals surface area (Å²) in [7, 11) is 0. The first-order chi connectivity index (χ1) is 19.7. The van der Waals surface area contributed by atoms with Crippen LogP contribution in [0.15, 0.2) is 114 Å². The van der Waals surface area contributed by atoms with Crippen LogP contribution in [0.4, 0.5) is 0 Å². The predicted octanol–water partition coefficient (Wildman–Crippen LogP) is 6.84. The molecule has 1 aliphatic rings. The molecule has 7 nitrogen and oxygen atoms in total. The minimum atomic E-state index is -0.290. The molecule has 7 aromatic rings. The Morgan fingerprint density at radius 3 is 2.17 bits per heavy atom. The van der Waals surface area contributed by atoms with E-state index >= 15 is 0 Å². The van der Waals surface area contributed by atoms with E-state index < -0.39 is 0 Å². The second kappa shape index (κ2) is 8.41. The molecule has 0 fully saturated rings. The van der Waals surface area contributed by atoms with Gasteiger partial charge in [-0.2, -0.15) is 0 Å². The molecular formula is C33H18N4O3. The number of carbonyl (C=O) groups is 2. The lowest BCUT2D eigenvalue weighted by molar-refractivity contribution is 0.0990. The van der Waals surface area contributed by atoms with E-state index in [0.29, 0.717) is 33.9 Å². The van der Waals surface area contributed by atoms with Crippen LogP contribution in [-0.2, 0) is 0 Å². The van der Waals surface area contributed by atoms with E-state index in [1.807, 2.05) is 71.3 Å². The number of fused-ring (bicyclic) bond motifs is 4. The smallest absolute Gasteiger partial charge is 0.197 e. The van der Waals surface area contributed by atoms with Gasteiger partial charge in [0.2, 0.25) is 0 Å². The van der Waals surface area contributed by atoms with Crippen LogP contribution < -0.4 is 0 Å². The van der Waals surface area contributed by atoms with Crippen LogP contribution in [0.1, 0.15) is 26.4 Å². The third-order valence-corrected chi connectivity index (χ3v) is 7.38.